The van der Waals surface area contributed by atoms with Gasteiger partial charge in [-0.15, -0.1) is 0 Å². The summed E-state index contributed by atoms with van der Waals surface area (Å²) in [6.07, 6.45) is 2.22. The summed E-state index contributed by atoms with van der Waals surface area (Å²) in [6.45, 7) is 8.22. The first-order valence-electron chi connectivity index (χ1n) is 11.1. The minimum absolute atomic E-state index is 0.0540. The number of hydrogen-bond donors (Lipinski definition) is 1. The number of benzene rings is 2. The maximum Gasteiger partial charge on any atom is 0.249 e. The van der Waals surface area contributed by atoms with Crippen LogP contribution in [0, 0.1) is 13.8 Å². The molecule has 1 amide bonds. The first kappa shape index (κ1) is 21.4. The number of hydrogen-bond acceptors (Lipinski definition) is 4. The molecule has 164 valence electrons. The van der Waals surface area contributed by atoms with E-state index in [0.717, 1.165) is 48.4 Å². The van der Waals surface area contributed by atoms with Crippen LogP contribution >= 0.6 is 0 Å². The van der Waals surface area contributed by atoms with Crippen LogP contribution in [0.4, 0.5) is 0 Å². The second kappa shape index (κ2) is 9.52. The zero-order valence-corrected chi connectivity index (χ0v) is 18.6. The Balaban J connectivity index is 1.44. The molecule has 1 aliphatic heterocycles. The van der Waals surface area contributed by atoms with Gasteiger partial charge in [-0.05, 0) is 75.4 Å². The quantitative estimate of drug-likeness (QED) is 0.545. The van der Waals surface area contributed by atoms with Crippen molar-refractivity contribution in [1.82, 2.24) is 14.9 Å². The van der Waals surface area contributed by atoms with Crippen molar-refractivity contribution in [3.05, 3.63) is 59.4 Å². The summed E-state index contributed by atoms with van der Waals surface area (Å²) in [5.74, 6) is 1.71. The molecule has 0 bridgehead atoms. The van der Waals surface area contributed by atoms with Gasteiger partial charge in [0.1, 0.15) is 17.7 Å². The van der Waals surface area contributed by atoms with E-state index in [1.807, 2.05) is 31.2 Å². The first-order chi connectivity index (χ1) is 15.0. The molecule has 0 spiro atoms. The van der Waals surface area contributed by atoms with Crippen LogP contribution in [0.5, 0.6) is 5.75 Å². The fourth-order valence-corrected chi connectivity index (χ4v) is 4.03. The summed E-state index contributed by atoms with van der Waals surface area (Å²) < 4.78 is 13.7. The summed E-state index contributed by atoms with van der Waals surface area (Å²) in [5.41, 5.74) is 4.50. The molecule has 2 atom stereocenters. The van der Waals surface area contributed by atoms with Crippen molar-refractivity contribution in [3.63, 3.8) is 0 Å². The molecule has 0 radical (unpaired) electrons. The number of nitrogens with one attached hydrogen (secondary N) is 1. The van der Waals surface area contributed by atoms with Gasteiger partial charge in [-0.25, -0.2) is 4.98 Å². The van der Waals surface area contributed by atoms with Gasteiger partial charge >= 0.3 is 0 Å². The van der Waals surface area contributed by atoms with E-state index >= 15 is 0 Å². The molecule has 2 aromatic carbocycles. The van der Waals surface area contributed by atoms with Crippen molar-refractivity contribution in [2.75, 3.05) is 13.2 Å². The monoisotopic (exact) mass is 421 g/mol. The van der Waals surface area contributed by atoms with Gasteiger partial charge in [-0.1, -0.05) is 18.2 Å². The van der Waals surface area contributed by atoms with Crippen molar-refractivity contribution < 1.29 is 14.3 Å². The maximum atomic E-state index is 12.5. The highest BCUT2D eigenvalue weighted by atomic mass is 16.5. The van der Waals surface area contributed by atoms with Crippen molar-refractivity contribution in [1.29, 1.82) is 0 Å². The van der Waals surface area contributed by atoms with Crippen molar-refractivity contribution >= 4 is 16.9 Å². The smallest absolute Gasteiger partial charge is 0.249 e. The Kier molecular flexibility index (Phi) is 6.56. The average Bonchev–Trinajstić information content (AvgIpc) is 3.42. The molecule has 1 fully saturated rings. The van der Waals surface area contributed by atoms with E-state index in [-0.39, 0.29) is 18.1 Å². The molecule has 0 saturated carbocycles. The zero-order valence-electron chi connectivity index (χ0n) is 18.6. The van der Waals surface area contributed by atoms with Crippen LogP contribution in [-0.2, 0) is 16.1 Å². The number of fused-ring (bicyclic) bond motifs is 1. The zero-order chi connectivity index (χ0) is 21.8. The van der Waals surface area contributed by atoms with Crippen molar-refractivity contribution in [2.45, 2.75) is 58.7 Å². The number of carbonyl (C=O) groups is 1. The van der Waals surface area contributed by atoms with Gasteiger partial charge in [-0.3, -0.25) is 4.79 Å². The third-order valence-corrected chi connectivity index (χ3v) is 5.93. The SMILES string of the molecule is Cc1ccc(OCCCn2c(C(C)NC(=O)C3CCCO3)nc3ccccc32)cc1C. The van der Waals surface area contributed by atoms with E-state index in [4.69, 9.17) is 14.5 Å². The predicted octanol–water partition coefficient (Wildman–Crippen LogP) is 4.48. The maximum absolute atomic E-state index is 12.5. The Morgan fingerprint density at radius 2 is 2.10 bits per heavy atom. The summed E-state index contributed by atoms with van der Waals surface area (Å²) in [5, 5.41) is 3.09. The van der Waals surface area contributed by atoms with Crippen molar-refractivity contribution in [3.8, 4) is 5.75 Å². The number of para-hydroxylation sites is 2. The van der Waals surface area contributed by atoms with E-state index in [2.05, 4.69) is 41.9 Å². The Hall–Kier alpha value is -2.86. The van der Waals surface area contributed by atoms with E-state index in [9.17, 15) is 4.79 Å². The van der Waals surface area contributed by atoms with Gasteiger partial charge in [0.25, 0.3) is 0 Å². The van der Waals surface area contributed by atoms with Gasteiger partial charge in [-0.2, -0.15) is 0 Å². The Bertz CT molecular complexity index is 1050. The van der Waals surface area contributed by atoms with Gasteiger partial charge in [0, 0.05) is 13.2 Å². The molecule has 4 rings (SSSR count). The van der Waals surface area contributed by atoms with Crippen LogP contribution in [0.3, 0.4) is 0 Å². The van der Waals surface area contributed by atoms with Crippen molar-refractivity contribution in [2.24, 2.45) is 0 Å². The Morgan fingerprint density at radius 3 is 2.87 bits per heavy atom. The number of aromatic nitrogens is 2. The molecule has 31 heavy (non-hydrogen) atoms. The van der Waals surface area contributed by atoms with Gasteiger partial charge in [0.15, 0.2) is 0 Å². The average molecular weight is 422 g/mol. The number of aryl methyl sites for hydroxylation is 3. The molecule has 6 heteroatoms. The van der Waals surface area contributed by atoms with E-state index in [1.54, 1.807) is 0 Å². The normalized spacial score (nSPS) is 17.1. The minimum atomic E-state index is -0.341. The summed E-state index contributed by atoms with van der Waals surface area (Å²) in [7, 11) is 0. The lowest BCUT2D eigenvalue weighted by atomic mass is 10.1. The molecule has 3 aromatic rings. The van der Waals surface area contributed by atoms with E-state index in [0.29, 0.717) is 13.2 Å². The van der Waals surface area contributed by atoms with Crippen LogP contribution in [0.25, 0.3) is 11.0 Å². The van der Waals surface area contributed by atoms with Crippen LogP contribution in [0.2, 0.25) is 0 Å². The van der Waals surface area contributed by atoms with Crippen LogP contribution in [0.1, 0.15) is 49.2 Å². The molecule has 1 N–H and O–H groups in total. The fourth-order valence-electron chi connectivity index (χ4n) is 4.03. The lowest BCUT2D eigenvalue weighted by Crippen LogP contribution is -2.36. The van der Waals surface area contributed by atoms with E-state index in [1.165, 1.54) is 11.1 Å². The van der Waals surface area contributed by atoms with E-state index < -0.39 is 0 Å². The predicted molar refractivity (Wildman–Crippen MR) is 121 cm³/mol. The third-order valence-electron chi connectivity index (χ3n) is 5.93. The van der Waals surface area contributed by atoms with Gasteiger partial charge in [0.2, 0.25) is 5.91 Å². The lowest BCUT2D eigenvalue weighted by molar-refractivity contribution is -0.130. The fraction of sp³-hybridized carbons (Fsp3) is 0.440. The highest BCUT2D eigenvalue weighted by Crippen LogP contribution is 2.23. The molecule has 0 aliphatic carbocycles. The Morgan fingerprint density at radius 1 is 1.26 bits per heavy atom. The number of rotatable bonds is 8. The summed E-state index contributed by atoms with van der Waals surface area (Å²) in [6, 6.07) is 14.1. The number of nitrogens with zero attached hydrogens (tertiary/aromatic N) is 2. The first-order valence-corrected chi connectivity index (χ1v) is 11.1. The van der Waals surface area contributed by atoms with Gasteiger partial charge in [0.05, 0.1) is 23.7 Å². The second-order valence-electron chi connectivity index (χ2n) is 8.29. The van der Waals surface area contributed by atoms with Crippen LogP contribution in [0.15, 0.2) is 42.5 Å². The number of ether oxygens (including phenoxy) is 2. The second-order valence-corrected chi connectivity index (χ2v) is 8.29. The number of imidazole rings is 1. The highest BCUT2D eigenvalue weighted by Gasteiger charge is 2.26. The molecule has 1 aromatic heterocycles. The molecule has 1 aliphatic rings. The van der Waals surface area contributed by atoms with Crippen LogP contribution in [-0.4, -0.2) is 34.8 Å². The largest absolute Gasteiger partial charge is 0.494 e. The van der Waals surface area contributed by atoms with Crippen LogP contribution < -0.4 is 10.1 Å². The standard InChI is InChI=1S/C25H31N3O3/c1-17-11-12-20(16-18(17)2)30-15-7-13-28-22-9-5-4-8-21(22)27-24(28)19(3)26-25(29)23-10-6-14-31-23/h4-5,8-9,11-12,16,19,23H,6-7,10,13-15H2,1-3H3,(H,26,29). The molecule has 2 unspecified atom stereocenters. The van der Waals surface area contributed by atoms with Gasteiger partial charge < -0.3 is 19.4 Å². The third kappa shape index (κ3) is 4.90. The summed E-state index contributed by atoms with van der Waals surface area (Å²) in [4.78, 5) is 17.3. The Labute approximate surface area is 183 Å². The minimum Gasteiger partial charge on any atom is -0.494 e. The lowest BCUT2D eigenvalue weighted by Gasteiger charge is -2.18. The molecule has 1 saturated heterocycles. The molecule has 6 nitrogen and oxygen atoms in total. The molecular weight excluding hydrogens is 390 g/mol. The molecule has 2 heterocycles. The topological polar surface area (TPSA) is 65.4 Å². The summed E-state index contributed by atoms with van der Waals surface area (Å²) >= 11 is 0. The number of carbonyl (C=O) groups excluding carboxylic acids is 1. The highest BCUT2D eigenvalue weighted by molar-refractivity contribution is 5.81. The number of amides is 1. The molecular formula is C25H31N3O3.